The number of fused-ring (bicyclic) bond motifs is 1. The van der Waals surface area contributed by atoms with Crippen LogP contribution < -0.4 is 5.32 Å². The summed E-state index contributed by atoms with van der Waals surface area (Å²) in [6, 6.07) is 19.1. The molecule has 1 N–H and O–H groups in total. The first-order chi connectivity index (χ1) is 15.2. The third kappa shape index (κ3) is 3.44. The molecule has 8 nitrogen and oxygen atoms in total. The number of rotatable bonds is 5. The monoisotopic (exact) mass is 409 g/mol. The van der Waals surface area contributed by atoms with Gasteiger partial charge in [0.25, 0.3) is 5.91 Å². The number of para-hydroxylation sites is 2. The van der Waals surface area contributed by atoms with Gasteiger partial charge in [0.2, 0.25) is 0 Å². The lowest BCUT2D eigenvalue weighted by Gasteiger charge is -2.12. The summed E-state index contributed by atoms with van der Waals surface area (Å²) in [4.78, 5) is 18.2. The maximum Gasteiger partial charge on any atom is 0.256 e. The Labute approximate surface area is 178 Å². The Morgan fingerprint density at radius 2 is 1.87 bits per heavy atom. The molecule has 0 fully saturated rings. The molecule has 1 amide bonds. The molecule has 0 atom stereocenters. The molecule has 0 unspecified atom stereocenters. The molecule has 3 aromatic heterocycles. The summed E-state index contributed by atoms with van der Waals surface area (Å²) in [5.74, 6) is -0.243. The largest absolute Gasteiger partial charge is 0.320 e. The maximum absolute atomic E-state index is 13.4. The maximum atomic E-state index is 13.4. The van der Waals surface area contributed by atoms with Crippen molar-refractivity contribution >= 4 is 22.6 Å². The molecule has 0 aliphatic carbocycles. The van der Waals surface area contributed by atoms with Crippen LogP contribution in [-0.2, 0) is 6.54 Å². The second-order valence-corrected chi connectivity index (χ2v) is 6.94. The van der Waals surface area contributed by atoms with E-state index < -0.39 is 0 Å². The Morgan fingerprint density at radius 1 is 1.06 bits per heavy atom. The Morgan fingerprint density at radius 3 is 2.65 bits per heavy atom. The van der Waals surface area contributed by atoms with Crippen molar-refractivity contribution in [3.63, 3.8) is 0 Å². The van der Waals surface area contributed by atoms with E-state index in [2.05, 4.69) is 20.7 Å². The van der Waals surface area contributed by atoms with Crippen molar-refractivity contribution < 1.29 is 4.79 Å². The average Bonchev–Trinajstić information content (AvgIpc) is 3.49. The lowest BCUT2D eigenvalue weighted by Crippen LogP contribution is -2.15. The summed E-state index contributed by atoms with van der Waals surface area (Å²) in [5, 5.41) is 16.0. The normalized spacial score (nSPS) is 11.0. The van der Waals surface area contributed by atoms with Crippen LogP contribution in [0, 0.1) is 0 Å². The van der Waals surface area contributed by atoms with Crippen molar-refractivity contribution in [3.05, 3.63) is 84.8 Å². The van der Waals surface area contributed by atoms with Gasteiger partial charge in [-0.3, -0.25) is 4.79 Å². The fourth-order valence-electron chi connectivity index (χ4n) is 3.53. The van der Waals surface area contributed by atoms with Gasteiger partial charge in [-0.25, -0.2) is 14.3 Å². The number of nitrogens with zero attached hydrogens (tertiary/aromatic N) is 6. The van der Waals surface area contributed by atoms with Crippen LogP contribution >= 0.6 is 0 Å². The van der Waals surface area contributed by atoms with Crippen LogP contribution in [0.1, 0.15) is 17.3 Å². The molecule has 0 saturated carbocycles. The van der Waals surface area contributed by atoms with Crippen LogP contribution in [0.3, 0.4) is 0 Å². The lowest BCUT2D eigenvalue weighted by atomic mass is 10.1. The molecule has 0 bridgehead atoms. The zero-order valence-corrected chi connectivity index (χ0v) is 16.8. The van der Waals surface area contributed by atoms with Gasteiger partial charge in [-0.2, -0.15) is 5.10 Å². The van der Waals surface area contributed by atoms with E-state index in [4.69, 9.17) is 4.98 Å². The highest BCUT2D eigenvalue weighted by molar-refractivity contribution is 6.13. The zero-order valence-electron chi connectivity index (χ0n) is 16.8. The first-order valence-corrected chi connectivity index (χ1v) is 9.93. The summed E-state index contributed by atoms with van der Waals surface area (Å²) in [6.45, 7) is 2.66. The quantitative estimate of drug-likeness (QED) is 0.475. The Bertz CT molecular complexity index is 1360. The summed E-state index contributed by atoms with van der Waals surface area (Å²) in [6.07, 6.45) is 5.02. The molecule has 0 saturated heterocycles. The first kappa shape index (κ1) is 18.7. The number of carbonyl (C=O) groups is 1. The van der Waals surface area contributed by atoms with Crippen LogP contribution in [0.15, 0.2) is 79.3 Å². The lowest BCUT2D eigenvalue weighted by molar-refractivity contribution is 0.102. The zero-order chi connectivity index (χ0) is 21.2. The topological polar surface area (TPSA) is 90.5 Å². The SMILES string of the molecule is CCn1ncc2c(C(=O)Nc3ccccc3-n3ccnn3)cc(-c3ccccc3)nc21. The fraction of sp³-hybridized carbons (Fsp3) is 0.0870. The highest BCUT2D eigenvalue weighted by atomic mass is 16.1. The van der Waals surface area contributed by atoms with Crippen LogP contribution in [0.5, 0.6) is 0 Å². The van der Waals surface area contributed by atoms with E-state index in [0.717, 1.165) is 16.9 Å². The fourth-order valence-corrected chi connectivity index (χ4v) is 3.53. The molecule has 8 heteroatoms. The van der Waals surface area contributed by atoms with Gasteiger partial charge in [-0.1, -0.05) is 47.7 Å². The number of anilines is 1. The minimum Gasteiger partial charge on any atom is -0.320 e. The number of aromatic nitrogens is 6. The predicted octanol–water partition coefficient (Wildman–Crippen LogP) is 3.95. The number of pyridine rings is 1. The van der Waals surface area contributed by atoms with Gasteiger partial charge in [-0.15, -0.1) is 5.10 Å². The number of hydrogen-bond donors (Lipinski definition) is 1. The predicted molar refractivity (Wildman–Crippen MR) is 118 cm³/mol. The van der Waals surface area contributed by atoms with E-state index in [1.807, 2.05) is 67.6 Å². The minimum atomic E-state index is -0.243. The molecule has 0 aliphatic rings. The third-order valence-corrected chi connectivity index (χ3v) is 5.04. The van der Waals surface area contributed by atoms with Crippen molar-refractivity contribution in [1.29, 1.82) is 0 Å². The van der Waals surface area contributed by atoms with E-state index >= 15 is 0 Å². The third-order valence-electron chi connectivity index (χ3n) is 5.04. The van der Waals surface area contributed by atoms with Crippen molar-refractivity contribution in [2.24, 2.45) is 0 Å². The Kier molecular flexibility index (Phi) is 4.72. The van der Waals surface area contributed by atoms with Crippen molar-refractivity contribution in [3.8, 4) is 16.9 Å². The van der Waals surface area contributed by atoms with Crippen LogP contribution in [0.4, 0.5) is 5.69 Å². The summed E-state index contributed by atoms with van der Waals surface area (Å²) >= 11 is 0. The second kappa shape index (κ2) is 7.83. The van der Waals surface area contributed by atoms with Gasteiger partial charge >= 0.3 is 0 Å². The highest BCUT2D eigenvalue weighted by Gasteiger charge is 2.18. The highest BCUT2D eigenvalue weighted by Crippen LogP contribution is 2.27. The molecule has 0 radical (unpaired) electrons. The van der Waals surface area contributed by atoms with E-state index in [0.29, 0.717) is 28.8 Å². The van der Waals surface area contributed by atoms with Crippen LogP contribution in [0.25, 0.3) is 28.0 Å². The minimum absolute atomic E-state index is 0.243. The van der Waals surface area contributed by atoms with Gasteiger partial charge in [0, 0.05) is 12.1 Å². The average molecular weight is 409 g/mol. The van der Waals surface area contributed by atoms with Crippen molar-refractivity contribution in [2.75, 3.05) is 5.32 Å². The van der Waals surface area contributed by atoms with Crippen molar-refractivity contribution in [1.82, 2.24) is 29.8 Å². The number of aryl methyl sites for hydroxylation is 1. The van der Waals surface area contributed by atoms with E-state index in [9.17, 15) is 4.79 Å². The van der Waals surface area contributed by atoms with E-state index in [1.54, 1.807) is 28.0 Å². The first-order valence-electron chi connectivity index (χ1n) is 9.93. The summed E-state index contributed by atoms with van der Waals surface area (Å²) < 4.78 is 3.41. The summed E-state index contributed by atoms with van der Waals surface area (Å²) in [7, 11) is 0. The number of benzene rings is 2. The smallest absolute Gasteiger partial charge is 0.256 e. The molecule has 5 rings (SSSR count). The van der Waals surface area contributed by atoms with Gasteiger partial charge < -0.3 is 5.32 Å². The molecule has 5 aromatic rings. The number of hydrogen-bond acceptors (Lipinski definition) is 5. The number of nitrogens with one attached hydrogen (secondary N) is 1. The van der Waals surface area contributed by atoms with Crippen molar-refractivity contribution in [2.45, 2.75) is 13.5 Å². The molecule has 2 aromatic carbocycles. The number of carbonyl (C=O) groups excluding carboxylic acids is 1. The molecule has 0 aliphatic heterocycles. The molecule has 31 heavy (non-hydrogen) atoms. The van der Waals surface area contributed by atoms with Gasteiger partial charge in [-0.05, 0) is 25.1 Å². The van der Waals surface area contributed by atoms with E-state index in [-0.39, 0.29) is 5.91 Å². The number of amides is 1. The van der Waals surface area contributed by atoms with Crippen LogP contribution in [-0.4, -0.2) is 35.7 Å². The molecule has 3 heterocycles. The Hall–Kier alpha value is -4.33. The molecule has 0 spiro atoms. The summed E-state index contributed by atoms with van der Waals surface area (Å²) in [5.41, 5.74) is 4.21. The molecular formula is C23H19N7O. The van der Waals surface area contributed by atoms with Gasteiger partial charge in [0.15, 0.2) is 5.65 Å². The van der Waals surface area contributed by atoms with E-state index in [1.165, 1.54) is 0 Å². The van der Waals surface area contributed by atoms with Gasteiger partial charge in [0.05, 0.1) is 46.6 Å². The van der Waals surface area contributed by atoms with Crippen LogP contribution in [0.2, 0.25) is 0 Å². The second-order valence-electron chi connectivity index (χ2n) is 6.94. The standard InChI is InChI=1S/C23H19N7O/c1-2-29-22-18(15-25-29)17(14-20(26-22)16-8-4-3-5-9-16)23(31)27-19-10-6-7-11-21(19)30-13-12-24-28-30/h3-15H,2H2,1H3,(H,27,31). The van der Waals surface area contributed by atoms with Gasteiger partial charge in [0.1, 0.15) is 0 Å². The molecular weight excluding hydrogens is 390 g/mol. The Balaban J connectivity index is 1.60. The molecule has 152 valence electrons.